The topological polar surface area (TPSA) is 37.3 Å². The van der Waals surface area contributed by atoms with Crippen molar-refractivity contribution in [2.45, 2.75) is 0 Å². The molecule has 0 spiro atoms. The molecule has 0 bridgehead atoms. The Labute approximate surface area is 116 Å². The van der Waals surface area contributed by atoms with E-state index in [4.69, 9.17) is 11.6 Å². The molecule has 3 rings (SSSR count). The van der Waals surface area contributed by atoms with Crippen molar-refractivity contribution in [1.82, 2.24) is 14.8 Å². The van der Waals surface area contributed by atoms with Gasteiger partial charge in [-0.3, -0.25) is 4.79 Å². The van der Waals surface area contributed by atoms with Crippen molar-refractivity contribution in [2.24, 2.45) is 7.05 Å². The molecule has 4 nitrogen and oxygen atoms in total. The first kappa shape index (κ1) is 12.5. The number of aryl methyl sites for hydroxylation is 1. The van der Waals surface area contributed by atoms with Crippen molar-refractivity contribution in [1.29, 1.82) is 0 Å². The Morgan fingerprint density at radius 3 is 2.79 bits per heavy atom. The van der Waals surface area contributed by atoms with Crippen molar-refractivity contribution in [3.8, 4) is 0 Å². The van der Waals surface area contributed by atoms with Crippen LogP contribution in [0, 0.1) is 0 Å². The van der Waals surface area contributed by atoms with Crippen LogP contribution in [0.1, 0.15) is 10.4 Å². The third kappa shape index (κ3) is 2.22. The summed E-state index contributed by atoms with van der Waals surface area (Å²) in [6.45, 7) is 3.24. The molecule has 1 aromatic heterocycles. The van der Waals surface area contributed by atoms with Gasteiger partial charge in [0.1, 0.15) is 0 Å². The average Bonchev–Trinajstić information content (AvgIpc) is 2.75. The second-order valence-corrected chi connectivity index (χ2v) is 5.29. The molecule has 5 heteroatoms. The van der Waals surface area contributed by atoms with Crippen molar-refractivity contribution in [2.75, 3.05) is 26.2 Å². The summed E-state index contributed by atoms with van der Waals surface area (Å²) in [6.07, 6.45) is 1.89. The fourth-order valence-corrected chi connectivity index (χ4v) is 2.75. The number of halogens is 1. The number of nitrogens with zero attached hydrogens (tertiary/aromatic N) is 2. The SMILES string of the molecule is Cn1cc(C(=O)N2CCNCC2)c2cc(Cl)ccc21. The highest BCUT2D eigenvalue weighted by Crippen LogP contribution is 2.25. The fraction of sp³-hybridized carbons (Fsp3) is 0.357. The van der Waals surface area contributed by atoms with Gasteiger partial charge in [-0.1, -0.05) is 11.6 Å². The number of hydrogen-bond donors (Lipinski definition) is 1. The number of nitrogens with one attached hydrogen (secondary N) is 1. The number of fused-ring (bicyclic) bond motifs is 1. The number of carbonyl (C=O) groups excluding carboxylic acids is 1. The van der Waals surface area contributed by atoms with Crippen LogP contribution in [0.4, 0.5) is 0 Å². The summed E-state index contributed by atoms with van der Waals surface area (Å²) in [7, 11) is 1.95. The molecular formula is C14H16ClN3O. The molecule has 2 aromatic rings. The minimum absolute atomic E-state index is 0.0920. The highest BCUT2D eigenvalue weighted by molar-refractivity contribution is 6.31. The van der Waals surface area contributed by atoms with E-state index in [0.717, 1.165) is 42.6 Å². The van der Waals surface area contributed by atoms with Gasteiger partial charge in [0.05, 0.1) is 5.56 Å². The van der Waals surface area contributed by atoms with E-state index in [1.807, 2.05) is 40.9 Å². The van der Waals surface area contributed by atoms with Gasteiger partial charge < -0.3 is 14.8 Å². The van der Waals surface area contributed by atoms with Crippen LogP contribution in [0.25, 0.3) is 10.9 Å². The van der Waals surface area contributed by atoms with Crippen LogP contribution in [0.5, 0.6) is 0 Å². The molecule has 100 valence electrons. The second-order valence-electron chi connectivity index (χ2n) is 4.86. The van der Waals surface area contributed by atoms with E-state index in [2.05, 4.69) is 5.32 Å². The van der Waals surface area contributed by atoms with Crippen molar-refractivity contribution < 1.29 is 4.79 Å². The molecule has 0 aliphatic carbocycles. The zero-order chi connectivity index (χ0) is 13.4. The minimum Gasteiger partial charge on any atom is -0.350 e. The second kappa shape index (κ2) is 4.87. The lowest BCUT2D eigenvalue weighted by Crippen LogP contribution is -2.46. The maximum absolute atomic E-state index is 12.6. The van der Waals surface area contributed by atoms with Crippen molar-refractivity contribution >= 4 is 28.4 Å². The van der Waals surface area contributed by atoms with Crippen molar-refractivity contribution in [3.63, 3.8) is 0 Å². The molecule has 0 atom stereocenters. The Hall–Kier alpha value is -1.52. The molecule has 1 aromatic carbocycles. The van der Waals surface area contributed by atoms with E-state index in [1.54, 1.807) is 0 Å². The lowest BCUT2D eigenvalue weighted by molar-refractivity contribution is 0.0737. The van der Waals surface area contributed by atoms with E-state index in [0.29, 0.717) is 5.02 Å². The Balaban J connectivity index is 2.04. The molecular weight excluding hydrogens is 262 g/mol. The highest BCUT2D eigenvalue weighted by atomic mass is 35.5. The molecule has 19 heavy (non-hydrogen) atoms. The molecule has 1 amide bonds. The molecule has 0 saturated carbocycles. The molecule has 2 heterocycles. The van der Waals surface area contributed by atoms with E-state index in [1.165, 1.54) is 0 Å². The van der Waals surface area contributed by atoms with Gasteiger partial charge >= 0.3 is 0 Å². The first-order chi connectivity index (χ1) is 9.16. The van der Waals surface area contributed by atoms with E-state index in [9.17, 15) is 4.79 Å². The number of rotatable bonds is 1. The average molecular weight is 278 g/mol. The Bertz CT molecular complexity index is 629. The van der Waals surface area contributed by atoms with Crippen LogP contribution in [0.2, 0.25) is 5.02 Å². The predicted octanol–water partition coefficient (Wildman–Crippen LogP) is 1.88. The first-order valence-electron chi connectivity index (χ1n) is 6.41. The van der Waals surface area contributed by atoms with E-state index < -0.39 is 0 Å². The lowest BCUT2D eigenvalue weighted by Gasteiger charge is -2.27. The summed E-state index contributed by atoms with van der Waals surface area (Å²) in [4.78, 5) is 14.5. The monoisotopic (exact) mass is 277 g/mol. The highest BCUT2D eigenvalue weighted by Gasteiger charge is 2.21. The maximum Gasteiger partial charge on any atom is 0.256 e. The van der Waals surface area contributed by atoms with Crippen LogP contribution in [0.15, 0.2) is 24.4 Å². The summed E-state index contributed by atoms with van der Waals surface area (Å²) in [5.41, 5.74) is 1.77. The first-order valence-corrected chi connectivity index (χ1v) is 6.79. The molecule has 0 unspecified atom stereocenters. The van der Waals surface area contributed by atoms with Gasteiger partial charge in [0.2, 0.25) is 0 Å². The predicted molar refractivity (Wildman–Crippen MR) is 76.7 cm³/mol. The van der Waals surface area contributed by atoms with Gasteiger partial charge in [-0.25, -0.2) is 0 Å². The van der Waals surface area contributed by atoms with Crippen LogP contribution in [-0.4, -0.2) is 41.6 Å². The summed E-state index contributed by atoms with van der Waals surface area (Å²) in [5, 5.41) is 4.84. The number of amides is 1. The van der Waals surface area contributed by atoms with Gasteiger partial charge in [-0.15, -0.1) is 0 Å². The zero-order valence-corrected chi connectivity index (χ0v) is 11.6. The lowest BCUT2D eigenvalue weighted by atomic mass is 10.1. The Kier molecular flexibility index (Phi) is 3.21. The molecule has 1 N–H and O–H groups in total. The summed E-state index contributed by atoms with van der Waals surface area (Å²) in [6, 6.07) is 5.67. The van der Waals surface area contributed by atoms with Crippen molar-refractivity contribution in [3.05, 3.63) is 35.0 Å². The van der Waals surface area contributed by atoms with Gasteiger partial charge in [0, 0.05) is 55.3 Å². The maximum atomic E-state index is 12.6. The van der Waals surface area contributed by atoms with Gasteiger partial charge in [0.15, 0.2) is 0 Å². The number of piperazine rings is 1. The largest absolute Gasteiger partial charge is 0.350 e. The molecule has 1 aliphatic rings. The number of hydrogen-bond acceptors (Lipinski definition) is 2. The fourth-order valence-electron chi connectivity index (χ4n) is 2.57. The number of carbonyl (C=O) groups is 1. The minimum atomic E-state index is 0.0920. The third-order valence-corrected chi connectivity index (χ3v) is 3.82. The molecule has 1 fully saturated rings. The van der Waals surface area contributed by atoms with Crippen LogP contribution < -0.4 is 5.32 Å². The Morgan fingerprint density at radius 1 is 1.32 bits per heavy atom. The zero-order valence-electron chi connectivity index (χ0n) is 10.8. The van der Waals surface area contributed by atoms with Crippen LogP contribution in [0.3, 0.4) is 0 Å². The number of benzene rings is 1. The van der Waals surface area contributed by atoms with Crippen LogP contribution in [-0.2, 0) is 7.05 Å². The van der Waals surface area contributed by atoms with Gasteiger partial charge in [-0.2, -0.15) is 0 Å². The summed E-state index contributed by atoms with van der Waals surface area (Å²) in [5.74, 6) is 0.0920. The van der Waals surface area contributed by atoms with Gasteiger partial charge in [-0.05, 0) is 18.2 Å². The normalized spacial score (nSPS) is 16.0. The molecule has 1 saturated heterocycles. The quantitative estimate of drug-likeness (QED) is 0.864. The van der Waals surface area contributed by atoms with Gasteiger partial charge in [0.25, 0.3) is 5.91 Å². The molecule has 1 aliphatic heterocycles. The summed E-state index contributed by atoms with van der Waals surface area (Å²) >= 11 is 6.05. The van der Waals surface area contributed by atoms with E-state index in [-0.39, 0.29) is 5.91 Å². The number of aromatic nitrogens is 1. The van der Waals surface area contributed by atoms with Crippen LogP contribution >= 0.6 is 11.6 Å². The standard InChI is InChI=1S/C14H16ClN3O/c1-17-9-12(11-8-10(15)2-3-13(11)17)14(19)18-6-4-16-5-7-18/h2-3,8-9,16H,4-7H2,1H3. The smallest absolute Gasteiger partial charge is 0.256 e. The summed E-state index contributed by atoms with van der Waals surface area (Å²) < 4.78 is 1.97. The molecule has 0 radical (unpaired) electrons. The third-order valence-electron chi connectivity index (χ3n) is 3.59. The van der Waals surface area contributed by atoms with E-state index >= 15 is 0 Å². The Morgan fingerprint density at radius 2 is 2.05 bits per heavy atom.